The van der Waals surface area contributed by atoms with E-state index in [1.165, 1.54) is 42.5 Å². The summed E-state index contributed by atoms with van der Waals surface area (Å²) in [4.78, 5) is 5.13. The van der Waals surface area contributed by atoms with E-state index in [2.05, 4.69) is 98.2 Å². The second-order valence-electron chi connectivity index (χ2n) is 11.8. The standard InChI is InChI=1S/C32H45N3/c1-5-35(30-17-15-26(16-18-30)31(2,3)4)24-23-34-21-19-29(20-22-34)32(25-33,28-13-9-10-14-28)27-11-7-6-8-12-27/h6-8,11-12,15-18,28-29H,5,9-10,13-14,19-24H2,1-4H3. The Morgan fingerprint density at radius 3 is 2.00 bits per heavy atom. The van der Waals surface area contributed by atoms with E-state index in [0.29, 0.717) is 11.8 Å². The van der Waals surface area contributed by atoms with E-state index in [9.17, 15) is 5.26 Å². The van der Waals surface area contributed by atoms with Crippen LogP contribution in [0, 0.1) is 23.2 Å². The monoisotopic (exact) mass is 471 g/mol. The van der Waals surface area contributed by atoms with Gasteiger partial charge in [0, 0.05) is 25.3 Å². The Bertz CT molecular complexity index is 955. The third-order valence-corrected chi connectivity index (χ3v) is 8.83. The van der Waals surface area contributed by atoms with Gasteiger partial charge >= 0.3 is 0 Å². The summed E-state index contributed by atoms with van der Waals surface area (Å²) in [5.41, 5.74) is 3.86. The molecule has 0 aromatic heterocycles. The largest absolute Gasteiger partial charge is 0.371 e. The third kappa shape index (κ3) is 5.59. The Morgan fingerprint density at radius 2 is 1.46 bits per heavy atom. The van der Waals surface area contributed by atoms with Crippen molar-refractivity contribution < 1.29 is 0 Å². The molecule has 35 heavy (non-hydrogen) atoms. The minimum absolute atomic E-state index is 0.191. The van der Waals surface area contributed by atoms with Crippen molar-refractivity contribution in [3.8, 4) is 6.07 Å². The first-order valence-corrected chi connectivity index (χ1v) is 13.9. The van der Waals surface area contributed by atoms with Gasteiger partial charge in [-0.25, -0.2) is 0 Å². The number of likely N-dealkylation sites (tertiary alicyclic amines) is 1. The maximum Gasteiger partial charge on any atom is 0.0879 e. The second kappa shape index (κ2) is 11.2. The molecular weight excluding hydrogens is 426 g/mol. The van der Waals surface area contributed by atoms with Crippen molar-refractivity contribution in [1.82, 2.24) is 4.90 Å². The lowest BCUT2D eigenvalue weighted by Gasteiger charge is -2.44. The molecule has 3 heteroatoms. The van der Waals surface area contributed by atoms with Crippen LogP contribution in [0.3, 0.4) is 0 Å². The van der Waals surface area contributed by atoms with Crippen LogP contribution >= 0.6 is 0 Å². The summed E-state index contributed by atoms with van der Waals surface area (Å²) in [6.07, 6.45) is 7.24. The van der Waals surface area contributed by atoms with Crippen LogP contribution in [0.25, 0.3) is 0 Å². The molecule has 1 aliphatic heterocycles. The molecule has 0 spiro atoms. The van der Waals surface area contributed by atoms with Gasteiger partial charge in [-0.1, -0.05) is 76.1 Å². The molecule has 1 saturated heterocycles. The molecule has 1 atom stereocenters. The van der Waals surface area contributed by atoms with Crippen LogP contribution in [0.5, 0.6) is 0 Å². The fraction of sp³-hybridized carbons (Fsp3) is 0.594. The molecule has 2 aromatic rings. The van der Waals surface area contributed by atoms with Gasteiger partial charge in [-0.3, -0.25) is 0 Å². The maximum absolute atomic E-state index is 10.6. The second-order valence-corrected chi connectivity index (χ2v) is 11.8. The topological polar surface area (TPSA) is 30.3 Å². The highest BCUT2D eigenvalue weighted by Crippen LogP contribution is 2.49. The lowest BCUT2D eigenvalue weighted by Crippen LogP contribution is -2.47. The van der Waals surface area contributed by atoms with Gasteiger partial charge in [0.1, 0.15) is 0 Å². The van der Waals surface area contributed by atoms with Gasteiger partial charge in [-0.05, 0) is 86.2 Å². The first kappa shape index (κ1) is 25.8. The quantitative estimate of drug-likeness (QED) is 0.409. The molecule has 1 saturated carbocycles. The predicted octanol–water partition coefficient (Wildman–Crippen LogP) is 7.17. The maximum atomic E-state index is 10.6. The fourth-order valence-electron chi connectivity index (χ4n) is 6.66. The van der Waals surface area contributed by atoms with Gasteiger partial charge in [0.25, 0.3) is 0 Å². The van der Waals surface area contributed by atoms with Gasteiger partial charge in [-0.2, -0.15) is 5.26 Å². The molecule has 2 fully saturated rings. The number of nitrogens with zero attached hydrogens (tertiary/aromatic N) is 3. The van der Waals surface area contributed by atoms with Crippen LogP contribution in [0.4, 0.5) is 5.69 Å². The van der Waals surface area contributed by atoms with Crippen molar-refractivity contribution in [3.05, 3.63) is 65.7 Å². The van der Waals surface area contributed by atoms with Gasteiger partial charge in [0.05, 0.1) is 11.5 Å². The van der Waals surface area contributed by atoms with E-state index in [1.807, 2.05) is 0 Å². The first-order chi connectivity index (χ1) is 16.9. The molecule has 2 aromatic carbocycles. The summed E-state index contributed by atoms with van der Waals surface area (Å²) in [5.74, 6) is 0.972. The Hall–Kier alpha value is -2.31. The van der Waals surface area contributed by atoms with E-state index in [-0.39, 0.29) is 10.8 Å². The molecule has 1 heterocycles. The Balaban J connectivity index is 1.39. The Morgan fingerprint density at radius 1 is 0.857 bits per heavy atom. The lowest BCUT2D eigenvalue weighted by atomic mass is 9.60. The van der Waals surface area contributed by atoms with Crippen LogP contribution in [0.15, 0.2) is 54.6 Å². The van der Waals surface area contributed by atoms with Crippen LogP contribution in [-0.4, -0.2) is 37.6 Å². The molecule has 3 nitrogen and oxygen atoms in total. The molecule has 0 N–H and O–H groups in total. The normalized spacial score (nSPS) is 19.9. The van der Waals surface area contributed by atoms with E-state index in [1.54, 1.807) is 0 Å². The summed E-state index contributed by atoms with van der Waals surface area (Å²) in [6, 6.07) is 22.9. The van der Waals surface area contributed by atoms with Crippen LogP contribution < -0.4 is 4.90 Å². The number of benzene rings is 2. The van der Waals surface area contributed by atoms with E-state index in [0.717, 1.165) is 45.6 Å². The molecule has 4 rings (SSSR count). The minimum Gasteiger partial charge on any atom is -0.371 e. The predicted molar refractivity (Wildman–Crippen MR) is 148 cm³/mol. The van der Waals surface area contributed by atoms with Crippen LogP contribution in [0.2, 0.25) is 0 Å². The zero-order valence-corrected chi connectivity index (χ0v) is 22.5. The van der Waals surface area contributed by atoms with Gasteiger partial charge < -0.3 is 9.80 Å². The average Bonchev–Trinajstić information content (AvgIpc) is 3.42. The van der Waals surface area contributed by atoms with Crippen molar-refractivity contribution in [1.29, 1.82) is 5.26 Å². The number of piperidine rings is 1. The average molecular weight is 472 g/mol. The lowest BCUT2D eigenvalue weighted by molar-refractivity contribution is 0.121. The highest BCUT2D eigenvalue weighted by molar-refractivity contribution is 5.48. The number of anilines is 1. The summed E-state index contributed by atoms with van der Waals surface area (Å²) in [7, 11) is 0. The zero-order chi connectivity index (χ0) is 24.9. The van der Waals surface area contributed by atoms with E-state index in [4.69, 9.17) is 0 Å². The molecule has 0 amide bonds. The van der Waals surface area contributed by atoms with Crippen molar-refractivity contribution in [3.63, 3.8) is 0 Å². The zero-order valence-electron chi connectivity index (χ0n) is 22.5. The van der Waals surface area contributed by atoms with Crippen LogP contribution in [-0.2, 0) is 10.8 Å². The smallest absolute Gasteiger partial charge is 0.0879 e. The highest BCUT2D eigenvalue weighted by atomic mass is 15.2. The molecule has 0 radical (unpaired) electrons. The SMILES string of the molecule is CCN(CCN1CCC(C(C#N)(c2ccccc2)C2CCCC2)CC1)c1ccc(C(C)(C)C)cc1. The summed E-state index contributed by atoms with van der Waals surface area (Å²) in [6.45, 7) is 14.5. The summed E-state index contributed by atoms with van der Waals surface area (Å²) < 4.78 is 0. The van der Waals surface area contributed by atoms with E-state index >= 15 is 0 Å². The third-order valence-electron chi connectivity index (χ3n) is 8.83. The molecule has 1 aliphatic carbocycles. The van der Waals surface area contributed by atoms with Crippen molar-refractivity contribution in [2.24, 2.45) is 11.8 Å². The first-order valence-electron chi connectivity index (χ1n) is 13.9. The molecular formula is C32H45N3. The summed E-state index contributed by atoms with van der Waals surface area (Å²) in [5, 5.41) is 10.6. The number of likely N-dealkylation sites (N-methyl/N-ethyl adjacent to an activating group) is 1. The van der Waals surface area contributed by atoms with Gasteiger partial charge in [-0.15, -0.1) is 0 Å². The molecule has 2 aliphatic rings. The number of rotatable bonds is 8. The molecule has 0 bridgehead atoms. The number of hydrogen-bond acceptors (Lipinski definition) is 3. The fourth-order valence-corrected chi connectivity index (χ4v) is 6.66. The Labute approximate surface area is 214 Å². The summed E-state index contributed by atoms with van der Waals surface area (Å²) >= 11 is 0. The van der Waals surface area contributed by atoms with E-state index < -0.39 is 0 Å². The molecule has 188 valence electrons. The van der Waals surface area contributed by atoms with Crippen molar-refractivity contribution >= 4 is 5.69 Å². The molecule has 1 unspecified atom stereocenters. The number of hydrogen-bond donors (Lipinski definition) is 0. The van der Waals surface area contributed by atoms with Gasteiger partial charge in [0.15, 0.2) is 0 Å². The number of nitriles is 1. The highest BCUT2D eigenvalue weighted by Gasteiger charge is 2.48. The minimum atomic E-state index is -0.311. The van der Waals surface area contributed by atoms with Crippen LogP contribution in [0.1, 0.15) is 77.3 Å². The van der Waals surface area contributed by atoms with Gasteiger partial charge in [0.2, 0.25) is 0 Å². The van der Waals surface area contributed by atoms with Crippen molar-refractivity contribution in [2.45, 2.75) is 77.0 Å². The Kier molecular flexibility index (Phi) is 8.23. The van der Waals surface area contributed by atoms with Crippen molar-refractivity contribution in [2.75, 3.05) is 37.6 Å².